The lowest BCUT2D eigenvalue weighted by Crippen LogP contribution is -2.40. The summed E-state index contributed by atoms with van der Waals surface area (Å²) in [5, 5.41) is 14.5. The number of aromatic nitrogens is 4. The Labute approximate surface area is 144 Å². The Bertz CT molecular complexity index is 879. The van der Waals surface area contributed by atoms with Crippen LogP contribution in [0.2, 0.25) is 0 Å². The highest BCUT2D eigenvalue weighted by Gasteiger charge is 2.26. The van der Waals surface area contributed by atoms with Crippen LogP contribution in [0.5, 0.6) is 0 Å². The van der Waals surface area contributed by atoms with Gasteiger partial charge in [0.1, 0.15) is 23.6 Å². The first kappa shape index (κ1) is 16.0. The Balaban J connectivity index is 1.80. The molecular formula is C18H20FN5O. The first-order chi connectivity index (χ1) is 12.3. The van der Waals surface area contributed by atoms with E-state index in [1.54, 1.807) is 24.4 Å². The fraction of sp³-hybridized carbons (Fsp3) is 0.389. The van der Waals surface area contributed by atoms with Crippen LogP contribution in [0.15, 0.2) is 36.8 Å². The second kappa shape index (κ2) is 6.76. The van der Waals surface area contributed by atoms with Crippen molar-refractivity contribution < 1.29 is 9.50 Å². The van der Waals surface area contributed by atoms with E-state index in [1.807, 2.05) is 0 Å². The molecule has 6 nitrogen and oxygen atoms in total. The van der Waals surface area contributed by atoms with Gasteiger partial charge in [-0.05, 0) is 37.8 Å². The number of rotatable bonds is 4. The van der Waals surface area contributed by atoms with Crippen LogP contribution in [0.1, 0.15) is 25.7 Å². The van der Waals surface area contributed by atoms with Crippen LogP contribution < -0.4 is 4.90 Å². The number of anilines is 1. The van der Waals surface area contributed by atoms with Crippen LogP contribution in [0, 0.1) is 5.82 Å². The second-order valence-corrected chi connectivity index (χ2v) is 6.30. The first-order valence-corrected chi connectivity index (χ1v) is 8.60. The van der Waals surface area contributed by atoms with E-state index in [2.05, 4.69) is 20.0 Å². The van der Waals surface area contributed by atoms with E-state index in [0.717, 1.165) is 37.0 Å². The number of hydrogen-bond acceptors (Lipinski definition) is 5. The van der Waals surface area contributed by atoms with E-state index in [1.165, 1.54) is 17.1 Å². The van der Waals surface area contributed by atoms with Crippen LogP contribution in [0.3, 0.4) is 0 Å². The minimum absolute atomic E-state index is 0.157. The topological polar surface area (TPSA) is 67.1 Å². The largest absolute Gasteiger partial charge is 0.396 e. The Hall–Kier alpha value is -2.54. The number of aliphatic hydroxyl groups is 1. The molecule has 1 N–H and O–H groups in total. The van der Waals surface area contributed by atoms with Gasteiger partial charge in [0, 0.05) is 19.2 Å². The summed E-state index contributed by atoms with van der Waals surface area (Å²) in [4.78, 5) is 11.0. The molecule has 0 saturated carbocycles. The Morgan fingerprint density at radius 1 is 1.20 bits per heavy atom. The Morgan fingerprint density at radius 2 is 2.08 bits per heavy atom. The molecule has 130 valence electrons. The molecule has 0 amide bonds. The van der Waals surface area contributed by atoms with Crippen molar-refractivity contribution in [3.05, 3.63) is 42.6 Å². The highest BCUT2D eigenvalue weighted by atomic mass is 19.1. The number of benzene rings is 1. The molecule has 1 fully saturated rings. The summed E-state index contributed by atoms with van der Waals surface area (Å²) in [6, 6.07) is 6.77. The van der Waals surface area contributed by atoms with Crippen molar-refractivity contribution in [3.8, 4) is 5.69 Å². The SMILES string of the molecule is OCCC1CCCCN1c1ncnc2c1cnn2-c1ccccc1F. The number of hydrogen-bond donors (Lipinski definition) is 1. The van der Waals surface area contributed by atoms with Crippen molar-refractivity contribution in [2.75, 3.05) is 18.1 Å². The molecule has 1 aromatic carbocycles. The van der Waals surface area contributed by atoms with Crippen molar-refractivity contribution in [3.63, 3.8) is 0 Å². The number of aliphatic hydroxyl groups excluding tert-OH is 1. The summed E-state index contributed by atoms with van der Waals surface area (Å²) in [5.74, 6) is 0.467. The fourth-order valence-corrected chi connectivity index (χ4v) is 3.59. The molecule has 0 bridgehead atoms. The van der Waals surface area contributed by atoms with Crippen molar-refractivity contribution in [2.45, 2.75) is 31.7 Å². The van der Waals surface area contributed by atoms with E-state index >= 15 is 0 Å². The lowest BCUT2D eigenvalue weighted by molar-refractivity contribution is 0.262. The summed E-state index contributed by atoms with van der Waals surface area (Å²) < 4.78 is 15.7. The van der Waals surface area contributed by atoms with Crippen LogP contribution in [0.25, 0.3) is 16.7 Å². The highest BCUT2D eigenvalue weighted by Crippen LogP contribution is 2.30. The van der Waals surface area contributed by atoms with Crippen LogP contribution in [-0.2, 0) is 0 Å². The van der Waals surface area contributed by atoms with Gasteiger partial charge in [0.05, 0.1) is 11.6 Å². The number of piperidine rings is 1. The molecule has 3 heterocycles. The quantitative estimate of drug-likeness (QED) is 0.790. The molecule has 1 unspecified atom stereocenters. The van der Waals surface area contributed by atoms with E-state index in [-0.39, 0.29) is 18.5 Å². The number of nitrogens with zero attached hydrogens (tertiary/aromatic N) is 5. The highest BCUT2D eigenvalue weighted by molar-refractivity contribution is 5.87. The zero-order chi connectivity index (χ0) is 17.2. The van der Waals surface area contributed by atoms with Crippen molar-refractivity contribution >= 4 is 16.9 Å². The average Bonchev–Trinajstić information content (AvgIpc) is 3.07. The van der Waals surface area contributed by atoms with Gasteiger partial charge >= 0.3 is 0 Å². The van der Waals surface area contributed by atoms with Gasteiger partial charge in [-0.25, -0.2) is 19.0 Å². The minimum Gasteiger partial charge on any atom is -0.396 e. The third-order valence-corrected chi connectivity index (χ3v) is 4.79. The summed E-state index contributed by atoms with van der Waals surface area (Å²) >= 11 is 0. The number of halogens is 1. The van der Waals surface area contributed by atoms with Crippen LogP contribution in [-0.4, -0.2) is 44.0 Å². The normalized spacial score (nSPS) is 18.0. The molecule has 1 saturated heterocycles. The predicted molar refractivity (Wildman–Crippen MR) is 93.3 cm³/mol. The van der Waals surface area contributed by atoms with Gasteiger partial charge in [-0.2, -0.15) is 5.10 Å². The number of fused-ring (bicyclic) bond motifs is 1. The molecule has 1 aliphatic heterocycles. The van der Waals surface area contributed by atoms with E-state index in [4.69, 9.17) is 0 Å². The van der Waals surface area contributed by atoms with Crippen molar-refractivity contribution in [2.24, 2.45) is 0 Å². The average molecular weight is 341 g/mol. The van der Waals surface area contributed by atoms with Gasteiger partial charge in [-0.1, -0.05) is 12.1 Å². The predicted octanol–water partition coefficient (Wildman–Crippen LogP) is 2.70. The smallest absolute Gasteiger partial charge is 0.168 e. The summed E-state index contributed by atoms with van der Waals surface area (Å²) in [6.07, 6.45) is 7.20. The first-order valence-electron chi connectivity index (χ1n) is 8.60. The maximum absolute atomic E-state index is 14.2. The summed E-state index contributed by atoms with van der Waals surface area (Å²) in [5.41, 5.74) is 0.955. The Kier molecular flexibility index (Phi) is 4.31. The number of para-hydroxylation sites is 1. The monoisotopic (exact) mass is 341 g/mol. The van der Waals surface area contributed by atoms with Gasteiger partial charge in [0.2, 0.25) is 0 Å². The van der Waals surface area contributed by atoms with Gasteiger partial charge in [-0.3, -0.25) is 0 Å². The molecule has 7 heteroatoms. The molecule has 0 spiro atoms. The zero-order valence-electron chi connectivity index (χ0n) is 13.8. The standard InChI is InChI=1S/C18H20FN5O/c19-15-6-1-2-7-16(15)24-18-14(11-22-24)17(20-12-21-18)23-9-4-3-5-13(23)8-10-25/h1-2,6-7,11-13,25H,3-5,8-10H2. The molecule has 1 atom stereocenters. The fourth-order valence-electron chi connectivity index (χ4n) is 3.59. The Morgan fingerprint density at radius 3 is 2.92 bits per heavy atom. The zero-order valence-corrected chi connectivity index (χ0v) is 13.8. The third-order valence-electron chi connectivity index (χ3n) is 4.79. The molecule has 4 rings (SSSR count). The molecular weight excluding hydrogens is 321 g/mol. The second-order valence-electron chi connectivity index (χ2n) is 6.30. The molecule has 0 radical (unpaired) electrons. The maximum atomic E-state index is 14.2. The lowest BCUT2D eigenvalue weighted by atomic mass is 9.99. The summed E-state index contributed by atoms with van der Waals surface area (Å²) in [7, 11) is 0. The van der Waals surface area contributed by atoms with Crippen molar-refractivity contribution in [1.29, 1.82) is 0 Å². The van der Waals surface area contributed by atoms with Gasteiger partial charge < -0.3 is 10.0 Å². The van der Waals surface area contributed by atoms with E-state index < -0.39 is 0 Å². The third kappa shape index (κ3) is 2.84. The summed E-state index contributed by atoms with van der Waals surface area (Å²) in [6.45, 7) is 1.05. The minimum atomic E-state index is -0.344. The van der Waals surface area contributed by atoms with Gasteiger partial charge in [-0.15, -0.1) is 0 Å². The van der Waals surface area contributed by atoms with E-state index in [0.29, 0.717) is 17.8 Å². The van der Waals surface area contributed by atoms with Gasteiger partial charge in [0.25, 0.3) is 0 Å². The maximum Gasteiger partial charge on any atom is 0.168 e. The molecule has 3 aromatic rings. The van der Waals surface area contributed by atoms with Gasteiger partial charge in [0.15, 0.2) is 5.65 Å². The molecule has 25 heavy (non-hydrogen) atoms. The molecule has 2 aromatic heterocycles. The molecule has 1 aliphatic rings. The van der Waals surface area contributed by atoms with Crippen LogP contribution in [0.4, 0.5) is 10.2 Å². The lowest BCUT2D eigenvalue weighted by Gasteiger charge is -2.36. The van der Waals surface area contributed by atoms with E-state index in [9.17, 15) is 9.50 Å². The van der Waals surface area contributed by atoms with Crippen LogP contribution >= 0.6 is 0 Å². The van der Waals surface area contributed by atoms with Crippen molar-refractivity contribution in [1.82, 2.24) is 19.7 Å². The molecule has 0 aliphatic carbocycles.